The van der Waals surface area contributed by atoms with E-state index >= 15 is 0 Å². The molecule has 144 valence electrons. The molecule has 0 saturated carbocycles. The van der Waals surface area contributed by atoms with Crippen LogP contribution in [0.3, 0.4) is 0 Å². The van der Waals surface area contributed by atoms with Crippen molar-refractivity contribution in [2.45, 2.75) is 13.3 Å². The number of nitrogens with one attached hydrogen (secondary N) is 1. The van der Waals surface area contributed by atoms with Gasteiger partial charge in [-0.25, -0.2) is 0 Å². The van der Waals surface area contributed by atoms with Crippen molar-refractivity contribution in [1.82, 2.24) is 15.1 Å². The third kappa shape index (κ3) is 4.31. The van der Waals surface area contributed by atoms with Gasteiger partial charge in [-0.1, -0.05) is 47.7 Å². The number of hydrogen-bond acceptors (Lipinski definition) is 6. The Kier molecular flexibility index (Phi) is 5.53. The standard InChI is InChI=1S/C21H23N5OS/c1-16-7-5-6-10-18(16)22-21-24-23-19(28-21)15-20(27)26-13-11-25(12-14-26)17-8-3-2-4-9-17/h2-10H,11-15H2,1H3,(H,22,24). The van der Waals surface area contributed by atoms with Gasteiger partial charge in [0.15, 0.2) is 0 Å². The molecule has 1 aromatic heterocycles. The quantitative estimate of drug-likeness (QED) is 0.719. The van der Waals surface area contributed by atoms with Crippen LogP contribution in [-0.2, 0) is 11.2 Å². The van der Waals surface area contributed by atoms with Gasteiger partial charge in [-0.15, -0.1) is 10.2 Å². The minimum atomic E-state index is 0.117. The highest BCUT2D eigenvalue weighted by atomic mass is 32.1. The Morgan fingerprint density at radius 1 is 1.00 bits per heavy atom. The van der Waals surface area contributed by atoms with Gasteiger partial charge in [-0.2, -0.15) is 0 Å². The number of aromatic nitrogens is 2. The second-order valence-electron chi connectivity index (χ2n) is 6.82. The molecule has 1 amide bonds. The van der Waals surface area contributed by atoms with Gasteiger partial charge in [-0.05, 0) is 30.7 Å². The minimum absolute atomic E-state index is 0.117. The number of aryl methyl sites for hydroxylation is 1. The van der Waals surface area contributed by atoms with Crippen molar-refractivity contribution in [2.75, 3.05) is 36.4 Å². The lowest BCUT2D eigenvalue weighted by Crippen LogP contribution is -2.49. The van der Waals surface area contributed by atoms with Crippen molar-refractivity contribution in [1.29, 1.82) is 0 Å². The molecule has 1 aliphatic rings. The number of carbonyl (C=O) groups is 1. The lowest BCUT2D eigenvalue weighted by molar-refractivity contribution is -0.130. The number of carbonyl (C=O) groups excluding carboxylic acids is 1. The maximum Gasteiger partial charge on any atom is 0.229 e. The van der Waals surface area contributed by atoms with E-state index in [4.69, 9.17) is 0 Å². The topological polar surface area (TPSA) is 61.4 Å². The normalized spacial score (nSPS) is 14.2. The van der Waals surface area contributed by atoms with E-state index in [1.807, 2.05) is 54.3 Å². The monoisotopic (exact) mass is 393 g/mol. The first-order valence-corrected chi connectivity index (χ1v) is 10.2. The zero-order valence-corrected chi connectivity index (χ0v) is 16.7. The zero-order chi connectivity index (χ0) is 19.3. The SMILES string of the molecule is Cc1ccccc1Nc1nnc(CC(=O)N2CCN(c3ccccc3)CC2)s1. The fourth-order valence-corrected chi connectivity index (χ4v) is 4.04. The average molecular weight is 394 g/mol. The van der Waals surface area contributed by atoms with Crippen LogP contribution in [0, 0.1) is 6.92 Å². The third-order valence-corrected chi connectivity index (χ3v) is 5.75. The maximum atomic E-state index is 12.7. The molecular formula is C21H23N5OS. The molecule has 28 heavy (non-hydrogen) atoms. The Morgan fingerprint density at radius 3 is 2.46 bits per heavy atom. The van der Waals surface area contributed by atoms with Crippen molar-refractivity contribution < 1.29 is 4.79 Å². The first-order valence-electron chi connectivity index (χ1n) is 9.42. The first kappa shape index (κ1) is 18.4. The summed E-state index contributed by atoms with van der Waals surface area (Å²) in [6, 6.07) is 18.4. The van der Waals surface area contributed by atoms with Gasteiger partial charge >= 0.3 is 0 Å². The zero-order valence-electron chi connectivity index (χ0n) is 15.8. The number of hydrogen-bond donors (Lipinski definition) is 1. The predicted octanol–water partition coefficient (Wildman–Crippen LogP) is 3.48. The highest BCUT2D eigenvalue weighted by Gasteiger charge is 2.22. The summed E-state index contributed by atoms with van der Waals surface area (Å²) in [5.74, 6) is 0.117. The number of anilines is 3. The first-order chi connectivity index (χ1) is 13.7. The Hall–Kier alpha value is -2.93. The van der Waals surface area contributed by atoms with Crippen LogP contribution in [0.2, 0.25) is 0 Å². The summed E-state index contributed by atoms with van der Waals surface area (Å²) in [5.41, 5.74) is 3.37. The molecule has 7 heteroatoms. The van der Waals surface area contributed by atoms with E-state index in [9.17, 15) is 4.79 Å². The molecule has 1 saturated heterocycles. The van der Waals surface area contributed by atoms with Gasteiger partial charge in [0.25, 0.3) is 0 Å². The molecule has 4 rings (SSSR count). The molecule has 1 aliphatic heterocycles. The Morgan fingerprint density at radius 2 is 1.71 bits per heavy atom. The summed E-state index contributed by atoms with van der Waals surface area (Å²) in [7, 11) is 0. The smallest absolute Gasteiger partial charge is 0.229 e. The van der Waals surface area contributed by atoms with Gasteiger partial charge in [0.05, 0.1) is 6.42 Å². The van der Waals surface area contributed by atoms with Crippen molar-refractivity contribution in [3.05, 3.63) is 65.2 Å². The van der Waals surface area contributed by atoms with E-state index in [0.29, 0.717) is 11.6 Å². The Bertz CT molecular complexity index is 935. The second-order valence-corrected chi connectivity index (χ2v) is 7.88. The highest BCUT2D eigenvalue weighted by molar-refractivity contribution is 7.15. The number of amides is 1. The molecular weight excluding hydrogens is 370 g/mol. The van der Waals surface area contributed by atoms with Gasteiger partial charge in [0.1, 0.15) is 5.01 Å². The van der Waals surface area contributed by atoms with Gasteiger partial charge in [-0.3, -0.25) is 4.79 Å². The van der Waals surface area contributed by atoms with E-state index in [1.54, 1.807) is 0 Å². The lowest BCUT2D eigenvalue weighted by atomic mass is 10.2. The van der Waals surface area contributed by atoms with Crippen LogP contribution in [0.25, 0.3) is 0 Å². The van der Waals surface area contributed by atoms with Crippen LogP contribution >= 0.6 is 11.3 Å². The molecule has 1 fully saturated rings. The van der Waals surface area contributed by atoms with Crippen molar-refractivity contribution >= 4 is 33.8 Å². The number of piperazine rings is 1. The molecule has 0 aliphatic carbocycles. The van der Waals surface area contributed by atoms with E-state index < -0.39 is 0 Å². The fourth-order valence-electron chi connectivity index (χ4n) is 3.30. The molecule has 2 aromatic carbocycles. The average Bonchev–Trinajstić information content (AvgIpc) is 3.17. The molecule has 0 unspecified atom stereocenters. The highest BCUT2D eigenvalue weighted by Crippen LogP contribution is 2.24. The Labute approximate surface area is 168 Å². The van der Waals surface area contributed by atoms with Crippen LogP contribution in [0.5, 0.6) is 0 Å². The summed E-state index contributed by atoms with van der Waals surface area (Å²) < 4.78 is 0. The van der Waals surface area contributed by atoms with Gasteiger partial charge < -0.3 is 15.1 Å². The fraction of sp³-hybridized carbons (Fsp3) is 0.286. The molecule has 2 heterocycles. The number of benzene rings is 2. The molecule has 0 atom stereocenters. The Balaban J connectivity index is 1.31. The summed E-state index contributed by atoms with van der Waals surface area (Å²) in [6.45, 7) is 5.22. The number of rotatable bonds is 5. The molecule has 1 N–H and O–H groups in total. The van der Waals surface area contributed by atoms with Crippen LogP contribution in [0.15, 0.2) is 54.6 Å². The molecule has 0 bridgehead atoms. The number of para-hydroxylation sites is 2. The third-order valence-electron chi connectivity index (χ3n) is 4.91. The summed E-state index contributed by atoms with van der Waals surface area (Å²) >= 11 is 1.43. The summed E-state index contributed by atoms with van der Waals surface area (Å²) in [4.78, 5) is 16.9. The van der Waals surface area contributed by atoms with Crippen LogP contribution < -0.4 is 10.2 Å². The second kappa shape index (κ2) is 8.39. The van der Waals surface area contributed by atoms with Crippen molar-refractivity contribution in [3.8, 4) is 0 Å². The molecule has 0 radical (unpaired) electrons. The van der Waals surface area contributed by atoms with Crippen LogP contribution in [0.1, 0.15) is 10.6 Å². The van der Waals surface area contributed by atoms with E-state index in [0.717, 1.165) is 42.4 Å². The minimum Gasteiger partial charge on any atom is -0.368 e. The van der Waals surface area contributed by atoms with Crippen molar-refractivity contribution in [2.24, 2.45) is 0 Å². The maximum absolute atomic E-state index is 12.7. The predicted molar refractivity (Wildman–Crippen MR) is 113 cm³/mol. The molecule has 0 spiro atoms. The van der Waals surface area contributed by atoms with Crippen molar-refractivity contribution in [3.63, 3.8) is 0 Å². The lowest BCUT2D eigenvalue weighted by Gasteiger charge is -2.36. The van der Waals surface area contributed by atoms with Crippen LogP contribution in [0.4, 0.5) is 16.5 Å². The van der Waals surface area contributed by atoms with E-state index in [2.05, 4.69) is 32.5 Å². The number of nitrogens with zero attached hydrogens (tertiary/aromatic N) is 4. The van der Waals surface area contributed by atoms with E-state index in [1.165, 1.54) is 17.0 Å². The summed E-state index contributed by atoms with van der Waals surface area (Å²) in [5, 5.41) is 13.1. The van der Waals surface area contributed by atoms with Gasteiger partial charge in [0, 0.05) is 37.6 Å². The van der Waals surface area contributed by atoms with Gasteiger partial charge in [0.2, 0.25) is 11.0 Å². The summed E-state index contributed by atoms with van der Waals surface area (Å²) in [6.07, 6.45) is 0.304. The molecule has 6 nitrogen and oxygen atoms in total. The largest absolute Gasteiger partial charge is 0.368 e. The van der Waals surface area contributed by atoms with E-state index in [-0.39, 0.29) is 5.91 Å². The molecule has 3 aromatic rings. The van der Waals surface area contributed by atoms with Crippen LogP contribution in [-0.4, -0.2) is 47.2 Å².